The lowest BCUT2D eigenvalue weighted by Gasteiger charge is -2.25. The van der Waals surface area contributed by atoms with Crippen LogP contribution in [0.4, 0.5) is 0 Å². The lowest BCUT2D eigenvalue weighted by molar-refractivity contribution is -0.132. The molecule has 3 nitrogen and oxygen atoms in total. The van der Waals surface area contributed by atoms with Crippen molar-refractivity contribution >= 4 is 18.3 Å². The van der Waals surface area contributed by atoms with Gasteiger partial charge in [0, 0.05) is 19.5 Å². The Hall–Kier alpha value is -1.06. The Morgan fingerprint density at radius 3 is 2.33 bits per heavy atom. The van der Waals surface area contributed by atoms with Crippen LogP contribution in [0.15, 0.2) is 30.3 Å². The summed E-state index contributed by atoms with van der Waals surface area (Å²) in [5.41, 5.74) is 6.81. The Labute approximate surface area is 116 Å². The quantitative estimate of drug-likeness (QED) is 0.894. The van der Waals surface area contributed by atoms with E-state index in [2.05, 4.69) is 0 Å². The third kappa shape index (κ3) is 5.07. The third-order valence-electron chi connectivity index (χ3n) is 3.07. The van der Waals surface area contributed by atoms with E-state index in [9.17, 15) is 4.79 Å². The Balaban J connectivity index is 0.00000289. The van der Waals surface area contributed by atoms with Crippen LogP contribution in [-0.4, -0.2) is 23.9 Å². The number of nitrogens with two attached hydrogens (primary N) is 1. The highest BCUT2D eigenvalue weighted by molar-refractivity contribution is 5.85. The number of benzene rings is 1. The molecule has 18 heavy (non-hydrogen) atoms. The van der Waals surface area contributed by atoms with Crippen LogP contribution in [0.2, 0.25) is 0 Å². The average molecular weight is 271 g/mol. The van der Waals surface area contributed by atoms with Gasteiger partial charge >= 0.3 is 0 Å². The van der Waals surface area contributed by atoms with E-state index >= 15 is 0 Å². The third-order valence-corrected chi connectivity index (χ3v) is 3.07. The largest absolute Gasteiger partial charge is 0.339 e. The van der Waals surface area contributed by atoms with E-state index in [1.54, 1.807) is 4.90 Å². The molecular formula is C14H23ClN2O. The van der Waals surface area contributed by atoms with Gasteiger partial charge in [-0.15, -0.1) is 12.4 Å². The van der Waals surface area contributed by atoms with Crippen LogP contribution >= 0.6 is 12.4 Å². The van der Waals surface area contributed by atoms with Gasteiger partial charge in [-0.3, -0.25) is 4.79 Å². The first-order valence-corrected chi connectivity index (χ1v) is 6.08. The standard InChI is InChI=1S/C14H22N2O.ClH/c1-11(15)9-10-14(17)16(3)12(2)13-7-5-4-6-8-13;/h4-8,11-12H,9-10,15H2,1-3H3;1H. The minimum atomic E-state index is 0. The predicted molar refractivity (Wildman–Crippen MR) is 77.8 cm³/mol. The van der Waals surface area contributed by atoms with Crippen molar-refractivity contribution in [3.63, 3.8) is 0 Å². The molecule has 0 radical (unpaired) electrons. The molecule has 4 heteroatoms. The molecule has 0 aliphatic heterocycles. The van der Waals surface area contributed by atoms with Crippen molar-refractivity contribution in [3.8, 4) is 0 Å². The summed E-state index contributed by atoms with van der Waals surface area (Å²) < 4.78 is 0. The first-order chi connectivity index (χ1) is 8.02. The first-order valence-electron chi connectivity index (χ1n) is 6.08. The SMILES string of the molecule is CC(N)CCC(=O)N(C)C(C)c1ccccc1.Cl. The van der Waals surface area contributed by atoms with E-state index in [0.717, 1.165) is 12.0 Å². The lowest BCUT2D eigenvalue weighted by atomic mass is 10.1. The predicted octanol–water partition coefficient (Wildman–Crippen LogP) is 2.76. The topological polar surface area (TPSA) is 46.3 Å². The molecule has 1 aromatic carbocycles. The van der Waals surface area contributed by atoms with Crippen LogP contribution < -0.4 is 5.73 Å². The van der Waals surface area contributed by atoms with Crippen LogP contribution in [0.5, 0.6) is 0 Å². The molecule has 102 valence electrons. The highest BCUT2D eigenvalue weighted by Gasteiger charge is 2.16. The molecule has 0 fully saturated rings. The van der Waals surface area contributed by atoms with Gasteiger partial charge in [-0.2, -0.15) is 0 Å². The van der Waals surface area contributed by atoms with Crippen molar-refractivity contribution in [1.29, 1.82) is 0 Å². The molecular weight excluding hydrogens is 248 g/mol. The maximum atomic E-state index is 11.9. The van der Waals surface area contributed by atoms with Gasteiger partial charge in [0.1, 0.15) is 0 Å². The average Bonchev–Trinajstić information content (AvgIpc) is 2.35. The fraction of sp³-hybridized carbons (Fsp3) is 0.500. The zero-order valence-corrected chi connectivity index (χ0v) is 12.1. The maximum Gasteiger partial charge on any atom is 0.222 e. The molecule has 0 aliphatic rings. The van der Waals surface area contributed by atoms with Crippen molar-refractivity contribution in [2.24, 2.45) is 5.73 Å². The van der Waals surface area contributed by atoms with Gasteiger partial charge in [0.25, 0.3) is 0 Å². The van der Waals surface area contributed by atoms with E-state index in [4.69, 9.17) is 5.73 Å². The summed E-state index contributed by atoms with van der Waals surface area (Å²) in [6.45, 7) is 3.97. The van der Waals surface area contributed by atoms with E-state index in [0.29, 0.717) is 6.42 Å². The van der Waals surface area contributed by atoms with E-state index < -0.39 is 0 Å². The highest BCUT2D eigenvalue weighted by Crippen LogP contribution is 2.19. The molecule has 2 atom stereocenters. The molecule has 1 rings (SSSR count). The first kappa shape index (κ1) is 16.9. The second kappa shape index (κ2) is 8.11. The minimum Gasteiger partial charge on any atom is -0.339 e. The summed E-state index contributed by atoms with van der Waals surface area (Å²) in [5, 5.41) is 0. The number of hydrogen-bond donors (Lipinski definition) is 1. The number of amides is 1. The van der Waals surface area contributed by atoms with Gasteiger partial charge in [0.2, 0.25) is 5.91 Å². The van der Waals surface area contributed by atoms with Gasteiger partial charge in [0.15, 0.2) is 0 Å². The van der Waals surface area contributed by atoms with Gasteiger partial charge in [0.05, 0.1) is 6.04 Å². The maximum absolute atomic E-state index is 11.9. The Morgan fingerprint density at radius 1 is 1.28 bits per heavy atom. The fourth-order valence-corrected chi connectivity index (χ4v) is 1.70. The molecule has 2 N–H and O–H groups in total. The molecule has 0 spiro atoms. The molecule has 2 unspecified atom stereocenters. The molecule has 1 aromatic rings. The number of nitrogens with zero attached hydrogens (tertiary/aromatic N) is 1. The Morgan fingerprint density at radius 2 is 1.83 bits per heavy atom. The van der Waals surface area contributed by atoms with Crippen LogP contribution in [0.1, 0.15) is 38.3 Å². The van der Waals surface area contributed by atoms with Crippen LogP contribution in [-0.2, 0) is 4.79 Å². The summed E-state index contributed by atoms with van der Waals surface area (Å²) in [5.74, 6) is 0.152. The van der Waals surface area contributed by atoms with Crippen molar-refractivity contribution in [1.82, 2.24) is 4.90 Å². The fourth-order valence-electron chi connectivity index (χ4n) is 1.70. The van der Waals surface area contributed by atoms with Gasteiger partial charge in [-0.05, 0) is 25.8 Å². The molecule has 1 amide bonds. The number of hydrogen-bond acceptors (Lipinski definition) is 2. The van der Waals surface area contributed by atoms with Crippen molar-refractivity contribution in [2.75, 3.05) is 7.05 Å². The zero-order chi connectivity index (χ0) is 12.8. The van der Waals surface area contributed by atoms with Gasteiger partial charge in [-0.25, -0.2) is 0 Å². The minimum absolute atomic E-state index is 0. The number of carbonyl (C=O) groups excluding carboxylic acids is 1. The molecule has 0 saturated carbocycles. The number of halogens is 1. The zero-order valence-electron chi connectivity index (χ0n) is 11.3. The molecule has 0 heterocycles. The monoisotopic (exact) mass is 270 g/mol. The van der Waals surface area contributed by atoms with Crippen LogP contribution in [0.25, 0.3) is 0 Å². The van der Waals surface area contributed by atoms with Gasteiger partial charge < -0.3 is 10.6 Å². The van der Waals surface area contributed by atoms with Crippen molar-refractivity contribution < 1.29 is 4.79 Å². The second-order valence-electron chi connectivity index (χ2n) is 4.61. The van der Waals surface area contributed by atoms with Crippen molar-refractivity contribution in [2.45, 2.75) is 38.8 Å². The number of rotatable bonds is 5. The Bertz CT molecular complexity index is 354. The van der Waals surface area contributed by atoms with E-state index in [1.807, 2.05) is 51.2 Å². The van der Waals surface area contributed by atoms with E-state index in [1.165, 1.54) is 0 Å². The van der Waals surface area contributed by atoms with Crippen molar-refractivity contribution in [3.05, 3.63) is 35.9 Å². The lowest BCUT2D eigenvalue weighted by Crippen LogP contribution is -2.30. The summed E-state index contributed by atoms with van der Waals surface area (Å²) in [7, 11) is 1.85. The highest BCUT2D eigenvalue weighted by atomic mass is 35.5. The molecule has 0 bridgehead atoms. The van der Waals surface area contributed by atoms with E-state index in [-0.39, 0.29) is 30.4 Å². The normalized spacial score (nSPS) is 13.3. The summed E-state index contributed by atoms with van der Waals surface area (Å²) in [6.07, 6.45) is 1.26. The molecule has 0 saturated heterocycles. The molecule has 0 aromatic heterocycles. The second-order valence-corrected chi connectivity index (χ2v) is 4.61. The Kier molecular flexibility index (Phi) is 7.64. The van der Waals surface area contributed by atoms with Crippen LogP contribution in [0.3, 0.4) is 0 Å². The van der Waals surface area contributed by atoms with Gasteiger partial charge in [-0.1, -0.05) is 30.3 Å². The molecule has 0 aliphatic carbocycles. The summed E-state index contributed by atoms with van der Waals surface area (Å²) in [4.78, 5) is 13.7. The summed E-state index contributed by atoms with van der Waals surface area (Å²) in [6, 6.07) is 10.2. The van der Waals surface area contributed by atoms with Crippen LogP contribution in [0, 0.1) is 0 Å². The summed E-state index contributed by atoms with van der Waals surface area (Å²) >= 11 is 0. The number of carbonyl (C=O) groups is 1. The smallest absolute Gasteiger partial charge is 0.222 e.